The molecule has 1 aromatic carbocycles. The smallest absolute Gasteiger partial charge is 0.338 e. The van der Waals surface area contributed by atoms with Gasteiger partial charge in [-0.1, -0.05) is 30.3 Å². The number of aryl methyl sites for hydroxylation is 1. The fourth-order valence-corrected chi connectivity index (χ4v) is 4.91. The van der Waals surface area contributed by atoms with Crippen LogP contribution in [0.1, 0.15) is 12.0 Å². The van der Waals surface area contributed by atoms with Gasteiger partial charge in [0.05, 0.1) is 6.54 Å². The van der Waals surface area contributed by atoms with Crippen LogP contribution >= 0.6 is 12.4 Å². The third-order valence-electron chi connectivity index (χ3n) is 6.44. The van der Waals surface area contributed by atoms with Crippen molar-refractivity contribution in [2.45, 2.75) is 31.7 Å². The van der Waals surface area contributed by atoms with Gasteiger partial charge < -0.3 is 10.2 Å². The highest BCUT2D eigenvalue weighted by Gasteiger charge is 2.40. The Morgan fingerprint density at radius 2 is 1.85 bits per heavy atom. The highest BCUT2D eigenvalue weighted by atomic mass is 35.5. The molecule has 0 aliphatic carbocycles. The minimum Gasteiger partial charge on any atom is -0.338 e. The fourth-order valence-electron chi connectivity index (χ4n) is 4.91. The van der Waals surface area contributed by atoms with Crippen LogP contribution in [-0.2, 0) is 20.1 Å². The molecular weight excluding hydrogens is 461 g/mol. The molecule has 8 nitrogen and oxygen atoms in total. The lowest BCUT2D eigenvalue weighted by Crippen LogP contribution is -2.43. The molecule has 5 rings (SSSR count). The van der Waals surface area contributed by atoms with Gasteiger partial charge in [-0.05, 0) is 17.9 Å². The highest BCUT2D eigenvalue weighted by molar-refractivity contribution is 5.85. The lowest BCUT2D eigenvalue weighted by molar-refractivity contribution is -0.141. The van der Waals surface area contributed by atoms with Gasteiger partial charge in [0, 0.05) is 32.7 Å². The van der Waals surface area contributed by atoms with Crippen LogP contribution in [0, 0.1) is 5.92 Å². The molecule has 0 radical (unpaired) electrons. The minimum absolute atomic E-state index is 0. The molecule has 4 heterocycles. The molecule has 0 bridgehead atoms. The van der Waals surface area contributed by atoms with Crippen molar-refractivity contribution in [1.82, 2.24) is 24.0 Å². The van der Waals surface area contributed by atoms with Crippen molar-refractivity contribution in [2.24, 2.45) is 13.0 Å². The van der Waals surface area contributed by atoms with Crippen molar-refractivity contribution >= 4 is 29.5 Å². The first-order valence-electron chi connectivity index (χ1n) is 10.5. The number of hydrogen-bond donors (Lipinski definition) is 1. The number of nitrogens with one attached hydrogen (secondary N) is 1. The summed E-state index contributed by atoms with van der Waals surface area (Å²) in [6, 6.07) is 9.55. The number of rotatable bonds is 4. The van der Waals surface area contributed by atoms with Crippen LogP contribution in [-0.4, -0.2) is 50.5 Å². The van der Waals surface area contributed by atoms with Crippen LogP contribution in [0.4, 0.5) is 19.1 Å². The average molecular weight is 485 g/mol. The quantitative estimate of drug-likeness (QED) is 0.610. The van der Waals surface area contributed by atoms with E-state index in [0.717, 1.165) is 36.2 Å². The molecule has 0 saturated carbocycles. The average Bonchev–Trinajstić information content (AvgIpc) is 3.44. The first kappa shape index (κ1) is 23.4. The Hall–Kier alpha value is -2.79. The summed E-state index contributed by atoms with van der Waals surface area (Å²) in [7, 11) is 1.35. The maximum absolute atomic E-state index is 13.2. The third-order valence-corrected chi connectivity index (χ3v) is 6.44. The minimum atomic E-state index is -4.70. The summed E-state index contributed by atoms with van der Waals surface area (Å²) in [6.45, 7) is 1.03. The van der Waals surface area contributed by atoms with E-state index in [1.54, 1.807) is 4.57 Å². The van der Waals surface area contributed by atoms with Crippen LogP contribution in [0.15, 0.2) is 39.9 Å². The second-order valence-corrected chi connectivity index (χ2v) is 8.47. The van der Waals surface area contributed by atoms with Gasteiger partial charge in [-0.3, -0.25) is 13.9 Å². The summed E-state index contributed by atoms with van der Waals surface area (Å²) in [5.41, 5.74) is -1.03. The van der Waals surface area contributed by atoms with E-state index in [1.165, 1.54) is 7.05 Å². The van der Waals surface area contributed by atoms with Gasteiger partial charge >= 0.3 is 11.9 Å². The summed E-state index contributed by atoms with van der Waals surface area (Å²) >= 11 is 0. The predicted molar refractivity (Wildman–Crippen MR) is 120 cm³/mol. The summed E-state index contributed by atoms with van der Waals surface area (Å²) in [6.07, 6.45) is -3.74. The van der Waals surface area contributed by atoms with E-state index in [9.17, 15) is 22.8 Å². The maximum atomic E-state index is 13.2. The molecule has 0 spiro atoms. The lowest BCUT2D eigenvalue weighted by atomic mass is 10.1. The van der Waals surface area contributed by atoms with Crippen LogP contribution in [0.3, 0.4) is 0 Å². The SMILES string of the molecule is Cl.Cn1c(=O)n(CC(F)(F)F)c(=O)c2c1nc(N1CCC3CNCC31)n2Cc1ccccc1. The molecule has 2 aromatic heterocycles. The van der Waals surface area contributed by atoms with Gasteiger partial charge in [0.1, 0.15) is 6.54 Å². The molecule has 178 valence electrons. The third kappa shape index (κ3) is 4.04. The standard InChI is InChI=1S/C21H23F3N6O2.ClH/c1-27-17-16(18(31)30(20(27)32)12-21(22,23)24)29(11-13-5-3-2-4-6-13)19(26-17)28-8-7-14-9-25-10-15(14)28;/h2-6,14-15,25H,7-12H2,1H3;1H. The highest BCUT2D eigenvalue weighted by Crippen LogP contribution is 2.33. The number of imidazole rings is 1. The van der Waals surface area contributed by atoms with Gasteiger partial charge in [0.25, 0.3) is 5.56 Å². The molecule has 2 fully saturated rings. The lowest BCUT2D eigenvalue weighted by Gasteiger charge is -2.25. The van der Waals surface area contributed by atoms with Crippen molar-refractivity contribution in [3.63, 3.8) is 0 Å². The van der Waals surface area contributed by atoms with E-state index in [4.69, 9.17) is 0 Å². The zero-order chi connectivity index (χ0) is 22.6. The first-order chi connectivity index (χ1) is 15.2. The molecule has 12 heteroatoms. The molecule has 1 N–H and O–H groups in total. The number of aromatic nitrogens is 4. The first-order valence-corrected chi connectivity index (χ1v) is 10.5. The zero-order valence-corrected chi connectivity index (χ0v) is 18.7. The van der Waals surface area contributed by atoms with Crippen molar-refractivity contribution in [3.05, 3.63) is 56.7 Å². The number of alkyl halides is 3. The summed E-state index contributed by atoms with van der Waals surface area (Å²) in [5.74, 6) is 0.961. The summed E-state index contributed by atoms with van der Waals surface area (Å²) < 4.78 is 42.4. The number of anilines is 1. The van der Waals surface area contributed by atoms with Gasteiger partial charge in [0.15, 0.2) is 11.2 Å². The molecule has 0 amide bonds. The summed E-state index contributed by atoms with van der Waals surface area (Å²) in [4.78, 5) is 32.6. The van der Waals surface area contributed by atoms with Crippen molar-refractivity contribution in [3.8, 4) is 0 Å². The topological polar surface area (TPSA) is 77.1 Å². The number of nitrogens with zero attached hydrogens (tertiary/aromatic N) is 5. The van der Waals surface area contributed by atoms with Gasteiger partial charge in [0.2, 0.25) is 5.95 Å². The molecule has 3 aromatic rings. The number of halogens is 4. The van der Waals surface area contributed by atoms with E-state index < -0.39 is 24.0 Å². The van der Waals surface area contributed by atoms with Crippen LogP contribution in [0.2, 0.25) is 0 Å². The second-order valence-electron chi connectivity index (χ2n) is 8.47. The molecule has 2 aliphatic heterocycles. The molecule has 2 aliphatic rings. The molecule has 2 saturated heterocycles. The normalized spacial score (nSPS) is 20.3. The second kappa shape index (κ2) is 8.53. The zero-order valence-electron chi connectivity index (χ0n) is 17.9. The van der Waals surface area contributed by atoms with E-state index in [1.807, 2.05) is 30.3 Å². The van der Waals surface area contributed by atoms with Crippen molar-refractivity contribution in [1.29, 1.82) is 0 Å². The number of benzene rings is 1. The van der Waals surface area contributed by atoms with E-state index in [2.05, 4.69) is 15.2 Å². The Balaban J connectivity index is 0.00000259. The monoisotopic (exact) mass is 484 g/mol. The molecule has 2 atom stereocenters. The van der Waals surface area contributed by atoms with E-state index >= 15 is 0 Å². The molecule has 2 unspecified atom stereocenters. The molecular formula is C21H24ClF3N6O2. The van der Waals surface area contributed by atoms with Gasteiger partial charge in [-0.2, -0.15) is 18.2 Å². The van der Waals surface area contributed by atoms with Crippen molar-refractivity contribution in [2.75, 3.05) is 24.5 Å². The Bertz CT molecular complexity index is 1280. The Labute approximate surface area is 193 Å². The van der Waals surface area contributed by atoms with Gasteiger partial charge in [-0.15, -0.1) is 12.4 Å². The summed E-state index contributed by atoms with van der Waals surface area (Å²) in [5, 5.41) is 3.37. The van der Waals surface area contributed by atoms with Crippen LogP contribution in [0.5, 0.6) is 0 Å². The largest absolute Gasteiger partial charge is 0.406 e. The number of fused-ring (bicyclic) bond motifs is 2. The number of hydrogen-bond acceptors (Lipinski definition) is 5. The van der Waals surface area contributed by atoms with Gasteiger partial charge in [-0.25, -0.2) is 9.36 Å². The van der Waals surface area contributed by atoms with E-state index in [0.29, 0.717) is 11.9 Å². The van der Waals surface area contributed by atoms with E-state index in [-0.39, 0.29) is 40.7 Å². The maximum Gasteiger partial charge on any atom is 0.406 e. The predicted octanol–water partition coefficient (Wildman–Crippen LogP) is 1.73. The van der Waals surface area contributed by atoms with Crippen molar-refractivity contribution < 1.29 is 13.2 Å². The van der Waals surface area contributed by atoms with Crippen LogP contribution in [0.25, 0.3) is 11.2 Å². The van der Waals surface area contributed by atoms with Crippen LogP contribution < -0.4 is 21.5 Å². The molecule has 33 heavy (non-hydrogen) atoms. The fraction of sp³-hybridized carbons (Fsp3) is 0.476. The Morgan fingerprint density at radius 3 is 2.55 bits per heavy atom. The Kier molecular flexibility index (Phi) is 6.04. The Morgan fingerprint density at radius 1 is 1.12 bits per heavy atom.